The van der Waals surface area contributed by atoms with E-state index in [1.54, 1.807) is 11.0 Å². The molecule has 0 aliphatic carbocycles. The molecule has 0 fully saturated rings. The number of nitrogens with zero attached hydrogens (tertiary/aromatic N) is 2. The van der Waals surface area contributed by atoms with Crippen LogP contribution in [0, 0.1) is 0 Å². The molecule has 1 aromatic carbocycles. The van der Waals surface area contributed by atoms with Crippen molar-refractivity contribution in [2.75, 3.05) is 26.3 Å². The number of fused-ring (bicyclic) bond motifs is 1. The molecule has 0 unspecified atom stereocenters. The third kappa shape index (κ3) is 6.47. The zero-order chi connectivity index (χ0) is 22.1. The summed E-state index contributed by atoms with van der Waals surface area (Å²) < 4.78 is 5.26. The highest BCUT2D eigenvalue weighted by Gasteiger charge is 2.21. The van der Waals surface area contributed by atoms with Gasteiger partial charge in [-0.05, 0) is 37.0 Å². The maximum Gasteiger partial charge on any atom is 0.342 e. The summed E-state index contributed by atoms with van der Waals surface area (Å²) >= 11 is 0. The molecule has 0 radical (unpaired) electrons. The molecule has 2 heterocycles. The predicted molar refractivity (Wildman–Crippen MR) is 115 cm³/mol. The number of amides is 1. The third-order valence-corrected chi connectivity index (χ3v) is 4.80. The lowest BCUT2D eigenvalue weighted by Gasteiger charge is -2.14. The Balaban J connectivity index is 1.82. The highest BCUT2D eigenvalue weighted by Crippen LogP contribution is 2.29. The van der Waals surface area contributed by atoms with Crippen LogP contribution in [0.1, 0.15) is 35.2 Å². The number of ether oxygens (including phenoxy) is 1. The van der Waals surface area contributed by atoms with Crippen LogP contribution in [-0.4, -0.2) is 59.0 Å². The van der Waals surface area contributed by atoms with E-state index >= 15 is 0 Å². The SMILES string of the molecule is O=C1OCC/C=C/CC/C=C/C(=NOCC(=O)N2CC=CC2)Cc2cc(O)cc(O)c21. The fourth-order valence-corrected chi connectivity index (χ4v) is 3.24. The first kappa shape index (κ1) is 22.1. The van der Waals surface area contributed by atoms with Gasteiger partial charge in [-0.1, -0.05) is 35.5 Å². The zero-order valence-corrected chi connectivity index (χ0v) is 17.2. The van der Waals surface area contributed by atoms with Crippen LogP contribution in [0.4, 0.5) is 0 Å². The number of aromatic hydroxyl groups is 2. The number of esters is 1. The van der Waals surface area contributed by atoms with Crippen molar-refractivity contribution in [1.82, 2.24) is 4.90 Å². The van der Waals surface area contributed by atoms with Gasteiger partial charge in [0.2, 0.25) is 0 Å². The molecule has 8 heteroatoms. The van der Waals surface area contributed by atoms with E-state index in [1.165, 1.54) is 6.07 Å². The molecule has 8 nitrogen and oxygen atoms in total. The minimum atomic E-state index is -0.682. The molecule has 0 spiro atoms. The quantitative estimate of drug-likeness (QED) is 0.437. The van der Waals surface area contributed by atoms with Gasteiger partial charge in [0.25, 0.3) is 5.91 Å². The van der Waals surface area contributed by atoms with Crippen molar-refractivity contribution in [3.8, 4) is 11.5 Å². The second-order valence-electron chi connectivity index (χ2n) is 7.18. The van der Waals surface area contributed by atoms with Crippen molar-refractivity contribution in [2.24, 2.45) is 5.16 Å². The number of hydrogen-bond donors (Lipinski definition) is 2. The lowest BCUT2D eigenvalue weighted by Crippen LogP contribution is -2.31. The van der Waals surface area contributed by atoms with Gasteiger partial charge in [0.1, 0.15) is 17.1 Å². The Morgan fingerprint density at radius 1 is 1.06 bits per heavy atom. The minimum Gasteiger partial charge on any atom is -0.508 e. The van der Waals surface area contributed by atoms with Crippen molar-refractivity contribution >= 4 is 17.6 Å². The van der Waals surface area contributed by atoms with Gasteiger partial charge >= 0.3 is 5.97 Å². The van der Waals surface area contributed by atoms with Gasteiger partial charge in [-0.3, -0.25) is 4.79 Å². The largest absolute Gasteiger partial charge is 0.508 e. The number of phenolic OH excluding ortho intramolecular Hbond substituents is 2. The first-order valence-corrected chi connectivity index (χ1v) is 10.2. The zero-order valence-electron chi connectivity index (χ0n) is 17.2. The van der Waals surface area contributed by atoms with Crippen LogP contribution < -0.4 is 0 Å². The normalized spacial score (nSPS) is 20.6. The Kier molecular flexibility index (Phi) is 7.86. The maximum atomic E-state index is 12.5. The molecular formula is C23H26N2O6. The van der Waals surface area contributed by atoms with Gasteiger partial charge in [0.15, 0.2) is 6.61 Å². The first-order valence-electron chi connectivity index (χ1n) is 10.2. The maximum absolute atomic E-state index is 12.5. The number of rotatable bonds is 3. The van der Waals surface area contributed by atoms with Crippen molar-refractivity contribution < 1.29 is 29.4 Å². The summed E-state index contributed by atoms with van der Waals surface area (Å²) in [4.78, 5) is 31.6. The molecule has 2 aliphatic rings. The smallest absolute Gasteiger partial charge is 0.342 e. The molecule has 0 atom stereocenters. The van der Waals surface area contributed by atoms with Gasteiger partial charge < -0.3 is 24.7 Å². The molecule has 2 N–H and O–H groups in total. The van der Waals surface area contributed by atoms with Gasteiger partial charge in [0.05, 0.1) is 12.3 Å². The van der Waals surface area contributed by atoms with Gasteiger partial charge in [-0.15, -0.1) is 0 Å². The topological polar surface area (TPSA) is 109 Å². The van der Waals surface area contributed by atoms with Gasteiger partial charge in [-0.25, -0.2) is 4.79 Å². The second-order valence-corrected chi connectivity index (χ2v) is 7.18. The third-order valence-electron chi connectivity index (χ3n) is 4.80. The average Bonchev–Trinajstić information content (AvgIpc) is 3.26. The highest BCUT2D eigenvalue weighted by molar-refractivity contribution is 6.00. The molecule has 164 valence electrons. The highest BCUT2D eigenvalue weighted by atomic mass is 16.6. The fraction of sp³-hybridized carbons (Fsp3) is 0.348. The molecule has 0 saturated carbocycles. The molecule has 0 aromatic heterocycles. The van der Waals surface area contributed by atoms with Gasteiger partial charge in [-0.2, -0.15) is 0 Å². The number of cyclic esters (lactones) is 1. The molecule has 1 amide bonds. The Labute approximate surface area is 180 Å². The number of carbonyl (C=O) groups excluding carboxylic acids is 2. The number of allylic oxidation sites excluding steroid dienone is 3. The van der Waals surface area contributed by atoms with Crippen LogP contribution in [0.2, 0.25) is 0 Å². The van der Waals surface area contributed by atoms with E-state index in [0.29, 0.717) is 30.8 Å². The number of carbonyl (C=O) groups is 2. The summed E-state index contributed by atoms with van der Waals surface area (Å²) in [5.41, 5.74) is 0.753. The Morgan fingerprint density at radius 2 is 1.81 bits per heavy atom. The molecule has 2 aliphatic heterocycles. The monoisotopic (exact) mass is 426 g/mol. The van der Waals surface area contributed by atoms with Crippen LogP contribution in [0.15, 0.2) is 53.7 Å². The molecule has 0 saturated heterocycles. The summed E-state index contributed by atoms with van der Waals surface area (Å²) in [6, 6.07) is 2.47. The molecular weight excluding hydrogens is 400 g/mol. The van der Waals surface area contributed by atoms with Gasteiger partial charge in [0, 0.05) is 25.6 Å². The van der Waals surface area contributed by atoms with Crippen LogP contribution >= 0.6 is 0 Å². The number of phenols is 2. The lowest BCUT2D eigenvalue weighted by atomic mass is 10.00. The average molecular weight is 426 g/mol. The second kappa shape index (κ2) is 11.0. The van der Waals surface area contributed by atoms with E-state index in [4.69, 9.17) is 9.57 Å². The Hall–Kier alpha value is -3.55. The Bertz CT molecular complexity index is 924. The van der Waals surface area contributed by atoms with E-state index in [-0.39, 0.29) is 42.6 Å². The Morgan fingerprint density at radius 3 is 2.61 bits per heavy atom. The lowest BCUT2D eigenvalue weighted by molar-refractivity contribution is -0.134. The van der Waals surface area contributed by atoms with Crippen LogP contribution in [0.5, 0.6) is 11.5 Å². The fourth-order valence-electron chi connectivity index (χ4n) is 3.24. The van der Waals surface area contributed by atoms with Crippen LogP contribution in [0.3, 0.4) is 0 Å². The minimum absolute atomic E-state index is 0.0286. The van der Waals surface area contributed by atoms with Crippen molar-refractivity contribution in [3.63, 3.8) is 0 Å². The van der Waals surface area contributed by atoms with E-state index in [1.807, 2.05) is 30.4 Å². The predicted octanol–water partition coefficient (Wildman–Crippen LogP) is 2.86. The molecule has 31 heavy (non-hydrogen) atoms. The summed E-state index contributed by atoms with van der Waals surface area (Å²) in [7, 11) is 0. The molecule has 3 rings (SSSR count). The van der Waals surface area contributed by atoms with Crippen molar-refractivity contribution in [3.05, 3.63) is 59.7 Å². The van der Waals surface area contributed by atoms with E-state index in [0.717, 1.165) is 18.9 Å². The molecule has 1 aromatic rings. The van der Waals surface area contributed by atoms with E-state index in [9.17, 15) is 19.8 Å². The van der Waals surface area contributed by atoms with E-state index < -0.39 is 5.97 Å². The number of benzene rings is 1. The summed E-state index contributed by atoms with van der Waals surface area (Å²) in [6.45, 7) is 1.09. The summed E-state index contributed by atoms with van der Waals surface area (Å²) in [6.07, 6.45) is 13.7. The number of hydrogen-bond acceptors (Lipinski definition) is 7. The molecule has 0 bridgehead atoms. The van der Waals surface area contributed by atoms with Crippen LogP contribution in [0.25, 0.3) is 0 Å². The van der Waals surface area contributed by atoms with Crippen LogP contribution in [-0.2, 0) is 20.8 Å². The van der Waals surface area contributed by atoms with E-state index in [2.05, 4.69) is 5.16 Å². The van der Waals surface area contributed by atoms with Crippen molar-refractivity contribution in [1.29, 1.82) is 0 Å². The van der Waals surface area contributed by atoms with Crippen molar-refractivity contribution in [2.45, 2.75) is 25.7 Å². The summed E-state index contributed by atoms with van der Waals surface area (Å²) in [5.74, 6) is -1.42. The standard InChI is InChI=1S/C23H26N2O6/c26-19-14-17-13-18(24-31-16-21(28)25-10-6-7-11-25)9-5-3-1-2-4-8-12-30-23(29)22(17)20(27)15-19/h2,4-7,9,14-15,26-27H,1,3,8,10-13,16H2/b4-2+,9-5+,24-18?. The summed E-state index contributed by atoms with van der Waals surface area (Å²) in [5, 5.41) is 24.2. The first-order chi connectivity index (χ1) is 15.0. The number of oxime groups is 1.